The highest BCUT2D eigenvalue weighted by atomic mass is 32.1. The zero-order valence-electron chi connectivity index (χ0n) is 18.3. The van der Waals surface area contributed by atoms with Gasteiger partial charge in [-0.3, -0.25) is 4.98 Å². The van der Waals surface area contributed by atoms with Crippen molar-refractivity contribution < 1.29 is 4.39 Å². The van der Waals surface area contributed by atoms with E-state index in [1.807, 2.05) is 24.5 Å². The third kappa shape index (κ3) is 5.33. The SMILES string of the molecule is CCCC#Cc1sc(-c2ccc(F)cc2)c(-c2ccncc2)c1CCCc1ccccc1. The molecule has 1 nitrogen and oxygen atoms in total. The number of hydrogen-bond donors (Lipinski definition) is 0. The smallest absolute Gasteiger partial charge is 0.123 e. The van der Waals surface area contributed by atoms with Crippen LogP contribution in [0.4, 0.5) is 4.39 Å². The van der Waals surface area contributed by atoms with Crippen molar-refractivity contribution in [1.29, 1.82) is 0 Å². The van der Waals surface area contributed by atoms with Gasteiger partial charge < -0.3 is 0 Å². The van der Waals surface area contributed by atoms with Gasteiger partial charge in [0.05, 0.1) is 4.88 Å². The summed E-state index contributed by atoms with van der Waals surface area (Å²) in [5, 5.41) is 0. The lowest BCUT2D eigenvalue weighted by Crippen LogP contribution is -1.94. The van der Waals surface area contributed by atoms with Crippen molar-refractivity contribution >= 4 is 11.3 Å². The van der Waals surface area contributed by atoms with E-state index in [0.29, 0.717) is 0 Å². The minimum absolute atomic E-state index is 0.221. The van der Waals surface area contributed by atoms with E-state index in [9.17, 15) is 4.39 Å². The van der Waals surface area contributed by atoms with Gasteiger partial charge in [-0.05, 0) is 72.2 Å². The van der Waals surface area contributed by atoms with Crippen LogP contribution >= 0.6 is 11.3 Å². The standard InChI is InChI=1S/C29H26FNS/c1-2-3-5-13-27-26(12-8-11-22-9-6-4-7-10-22)28(23-18-20-31-21-19-23)29(32-27)24-14-16-25(30)17-15-24/h4,6-7,9-10,14-21H,2-3,8,11-12H2,1H3. The number of pyridine rings is 1. The van der Waals surface area contributed by atoms with Gasteiger partial charge in [-0.2, -0.15) is 0 Å². The zero-order valence-corrected chi connectivity index (χ0v) is 19.1. The second-order valence-corrected chi connectivity index (χ2v) is 8.77. The number of halogens is 1. The van der Waals surface area contributed by atoms with Crippen LogP contribution in [0.5, 0.6) is 0 Å². The largest absolute Gasteiger partial charge is 0.265 e. The van der Waals surface area contributed by atoms with Gasteiger partial charge in [-0.1, -0.05) is 61.2 Å². The molecular formula is C29H26FNS. The molecule has 0 saturated heterocycles. The van der Waals surface area contributed by atoms with E-state index in [1.165, 1.54) is 28.8 Å². The molecule has 0 bridgehead atoms. The second-order valence-electron chi connectivity index (χ2n) is 7.75. The van der Waals surface area contributed by atoms with Crippen molar-refractivity contribution in [2.45, 2.75) is 39.0 Å². The first-order valence-electron chi connectivity index (χ1n) is 11.1. The van der Waals surface area contributed by atoms with E-state index in [0.717, 1.165) is 53.0 Å². The zero-order chi connectivity index (χ0) is 22.2. The molecule has 2 aromatic carbocycles. The Balaban J connectivity index is 1.78. The van der Waals surface area contributed by atoms with Gasteiger partial charge in [0.2, 0.25) is 0 Å². The van der Waals surface area contributed by atoms with E-state index in [1.54, 1.807) is 11.3 Å². The molecule has 4 aromatic rings. The number of benzene rings is 2. The van der Waals surface area contributed by atoms with Crippen molar-refractivity contribution in [3.63, 3.8) is 0 Å². The van der Waals surface area contributed by atoms with E-state index >= 15 is 0 Å². The normalized spacial score (nSPS) is 10.6. The van der Waals surface area contributed by atoms with Crippen LogP contribution in [0.2, 0.25) is 0 Å². The van der Waals surface area contributed by atoms with E-state index in [4.69, 9.17) is 0 Å². The number of aromatic nitrogens is 1. The molecule has 32 heavy (non-hydrogen) atoms. The molecule has 4 rings (SSSR count). The fourth-order valence-corrected chi connectivity index (χ4v) is 5.07. The number of aryl methyl sites for hydroxylation is 1. The molecule has 0 spiro atoms. The Hall–Kier alpha value is -3.22. The molecule has 3 heteroatoms. The average Bonchev–Trinajstić information content (AvgIpc) is 3.19. The summed E-state index contributed by atoms with van der Waals surface area (Å²) in [6.45, 7) is 2.15. The highest BCUT2D eigenvalue weighted by molar-refractivity contribution is 7.16. The third-order valence-corrected chi connectivity index (χ3v) is 6.59. The highest BCUT2D eigenvalue weighted by Gasteiger charge is 2.20. The second kappa shape index (κ2) is 10.9. The minimum atomic E-state index is -0.221. The topological polar surface area (TPSA) is 12.9 Å². The predicted molar refractivity (Wildman–Crippen MR) is 133 cm³/mol. The highest BCUT2D eigenvalue weighted by Crippen LogP contribution is 2.43. The molecule has 0 saturated carbocycles. The number of nitrogens with zero attached hydrogens (tertiary/aromatic N) is 1. The van der Waals surface area contributed by atoms with Crippen LogP contribution in [0.1, 0.15) is 42.2 Å². The molecule has 0 amide bonds. The lowest BCUT2D eigenvalue weighted by molar-refractivity contribution is 0.628. The predicted octanol–water partition coefficient (Wildman–Crippen LogP) is 7.94. The van der Waals surface area contributed by atoms with Crippen molar-refractivity contribution in [2.24, 2.45) is 0 Å². The van der Waals surface area contributed by atoms with Crippen LogP contribution < -0.4 is 0 Å². The number of hydrogen-bond acceptors (Lipinski definition) is 2. The summed E-state index contributed by atoms with van der Waals surface area (Å²) in [6, 6.07) is 21.5. The summed E-state index contributed by atoms with van der Waals surface area (Å²) in [6.07, 6.45) is 8.61. The van der Waals surface area contributed by atoms with Gasteiger partial charge >= 0.3 is 0 Å². The Kier molecular flexibility index (Phi) is 7.48. The minimum Gasteiger partial charge on any atom is -0.265 e. The van der Waals surface area contributed by atoms with E-state index in [2.05, 4.69) is 66.2 Å². The Morgan fingerprint density at radius 2 is 1.62 bits per heavy atom. The van der Waals surface area contributed by atoms with E-state index in [-0.39, 0.29) is 5.82 Å². The summed E-state index contributed by atoms with van der Waals surface area (Å²) in [5.41, 5.74) is 6.01. The lowest BCUT2D eigenvalue weighted by Gasteiger charge is -2.09. The van der Waals surface area contributed by atoms with Crippen molar-refractivity contribution in [3.05, 3.63) is 101 Å². The molecule has 2 heterocycles. The maximum absolute atomic E-state index is 13.6. The molecule has 0 aliphatic carbocycles. The fourth-order valence-electron chi connectivity index (χ4n) is 3.81. The number of rotatable bonds is 7. The molecule has 160 valence electrons. The number of thiophene rings is 1. The van der Waals surface area contributed by atoms with Crippen LogP contribution in [0.25, 0.3) is 21.6 Å². The maximum atomic E-state index is 13.6. The van der Waals surface area contributed by atoms with Crippen LogP contribution in [-0.4, -0.2) is 4.98 Å². The van der Waals surface area contributed by atoms with Gasteiger partial charge in [-0.15, -0.1) is 11.3 Å². The molecule has 0 aliphatic rings. The van der Waals surface area contributed by atoms with Gasteiger partial charge in [0.25, 0.3) is 0 Å². The summed E-state index contributed by atoms with van der Waals surface area (Å²) >= 11 is 1.72. The third-order valence-electron chi connectivity index (χ3n) is 5.39. The summed E-state index contributed by atoms with van der Waals surface area (Å²) in [5.74, 6) is 6.57. The number of unbranched alkanes of at least 4 members (excludes halogenated alkanes) is 1. The maximum Gasteiger partial charge on any atom is 0.123 e. The molecule has 2 aromatic heterocycles. The fraction of sp³-hybridized carbons (Fsp3) is 0.207. The van der Waals surface area contributed by atoms with Gasteiger partial charge in [0, 0.05) is 29.3 Å². The van der Waals surface area contributed by atoms with Crippen LogP contribution in [0, 0.1) is 17.7 Å². The monoisotopic (exact) mass is 439 g/mol. The van der Waals surface area contributed by atoms with Crippen LogP contribution in [-0.2, 0) is 12.8 Å². The quantitative estimate of drug-likeness (QED) is 0.266. The van der Waals surface area contributed by atoms with E-state index < -0.39 is 0 Å². The van der Waals surface area contributed by atoms with Crippen molar-refractivity contribution in [3.8, 4) is 33.4 Å². The van der Waals surface area contributed by atoms with Gasteiger partial charge in [-0.25, -0.2) is 4.39 Å². The van der Waals surface area contributed by atoms with Gasteiger partial charge in [0.15, 0.2) is 0 Å². The molecule has 0 aliphatic heterocycles. The van der Waals surface area contributed by atoms with Crippen LogP contribution in [0.3, 0.4) is 0 Å². The first kappa shape index (κ1) is 22.0. The molecule has 0 fully saturated rings. The molecular weight excluding hydrogens is 413 g/mol. The molecule has 0 N–H and O–H groups in total. The Labute approximate surface area is 194 Å². The van der Waals surface area contributed by atoms with Crippen molar-refractivity contribution in [2.75, 3.05) is 0 Å². The lowest BCUT2D eigenvalue weighted by atomic mass is 9.94. The Bertz CT molecular complexity index is 1200. The first-order valence-corrected chi connectivity index (χ1v) is 11.9. The summed E-state index contributed by atoms with van der Waals surface area (Å²) < 4.78 is 13.6. The Morgan fingerprint density at radius 1 is 0.875 bits per heavy atom. The van der Waals surface area contributed by atoms with Gasteiger partial charge in [0.1, 0.15) is 5.82 Å². The molecule has 0 radical (unpaired) electrons. The average molecular weight is 440 g/mol. The van der Waals surface area contributed by atoms with Crippen LogP contribution in [0.15, 0.2) is 79.1 Å². The Morgan fingerprint density at radius 3 is 2.34 bits per heavy atom. The molecule has 0 unspecified atom stereocenters. The molecule has 0 atom stereocenters. The first-order chi connectivity index (χ1) is 15.8. The summed E-state index contributed by atoms with van der Waals surface area (Å²) in [7, 11) is 0. The summed E-state index contributed by atoms with van der Waals surface area (Å²) in [4.78, 5) is 6.48. The van der Waals surface area contributed by atoms with Crippen molar-refractivity contribution in [1.82, 2.24) is 4.98 Å².